The summed E-state index contributed by atoms with van der Waals surface area (Å²) in [7, 11) is -5.53. The van der Waals surface area contributed by atoms with E-state index in [0.29, 0.717) is 34.3 Å². The topological polar surface area (TPSA) is 407 Å². The van der Waals surface area contributed by atoms with Gasteiger partial charge in [-0.25, -0.2) is 28.4 Å². The van der Waals surface area contributed by atoms with Crippen LogP contribution in [0.1, 0.15) is 247 Å². The van der Waals surface area contributed by atoms with Crippen molar-refractivity contribution in [2.24, 2.45) is 23.7 Å². The Kier molecular flexibility index (Phi) is 40.4. The first-order valence-electron chi connectivity index (χ1n) is 33.0. The van der Waals surface area contributed by atoms with E-state index < -0.39 is 28.2 Å². The minimum Gasteiger partial charge on any atom is -0.466 e. The highest BCUT2D eigenvalue weighted by molar-refractivity contribution is 8.04. The number of amides is 3. The molecule has 0 aliphatic carbocycles. The molecule has 3 atom stereocenters. The van der Waals surface area contributed by atoms with Gasteiger partial charge >= 0.3 is 13.4 Å². The molecule has 572 valence electrons. The Balaban J connectivity index is 0. The third kappa shape index (κ3) is 41.2. The molecule has 9 heterocycles. The number of hydrogen-bond donors (Lipinski definition) is 12. The standard InChI is InChI=1S/C8H13NO.2C7H12N2.C7H11NO2.C7H11NOS.2C6H11N3.C5H10F3NO2S.2C5H9N3.C4H11BO2/c1-5(2)7-4-6(3)9-8(7)10;1-7(2,3)6-4-8-5-9-6;1-7(2,3)6-4-5-8-9-6;2*1-4(2)6-7(9)8-5(3)10-6;1-6(2,3)5-7-4-8-9-5;1-6(2,3)5-4-7-9-8-5;1-4(2,3)12(10,11)9-5(6,7)8;2*1-4(2)5-6-3-7-8-5;1-4(2,3)5(6)7/h5,7H,3-4H2,1-2H3,(H,9,10);2*4-5H,1-3H3,(H,8,9);2*4,6H,3H2,1-2H3,(H,8,9);2*4H,1-3H3,(H,7,8,9);9H,1-3H3;2*3-4H,1-2H3,(H,6,7,8);6-7H,1-3H3. The second kappa shape index (κ2) is 42.8. The van der Waals surface area contributed by atoms with Crippen LogP contribution in [0.2, 0.25) is 5.31 Å². The number of aromatic nitrogens is 16. The van der Waals surface area contributed by atoms with Crippen LogP contribution in [0.5, 0.6) is 0 Å². The second-order valence-electron chi connectivity index (χ2n) is 31.2. The number of imidazole rings is 1. The van der Waals surface area contributed by atoms with Gasteiger partial charge < -0.3 is 30.4 Å². The molecule has 28 nitrogen and oxygen atoms in total. The van der Waals surface area contributed by atoms with E-state index in [1.165, 1.54) is 62.9 Å². The molecule has 0 bridgehead atoms. The summed E-state index contributed by atoms with van der Waals surface area (Å²) in [6, 6.07) is 2.00. The molecule has 3 amide bonds. The maximum absolute atomic E-state index is 11.6. The van der Waals surface area contributed by atoms with E-state index in [0.717, 1.165) is 40.3 Å². The molecule has 0 spiro atoms. The lowest BCUT2D eigenvalue weighted by molar-refractivity contribution is -0.138. The summed E-state index contributed by atoms with van der Waals surface area (Å²) in [5, 5.41) is 61.8. The fourth-order valence-electron chi connectivity index (χ4n) is 6.74. The summed E-state index contributed by atoms with van der Waals surface area (Å²) >= 11 is 1.53. The molecular formula is C67H120BF3N20O8S2. The van der Waals surface area contributed by atoms with Crippen molar-refractivity contribution in [3.63, 3.8) is 0 Å². The minimum absolute atomic E-state index is 0.0764. The molecule has 3 aliphatic rings. The zero-order valence-corrected chi connectivity index (χ0v) is 66.5. The fourth-order valence-corrected chi connectivity index (χ4v) is 8.26. The van der Waals surface area contributed by atoms with Crippen molar-refractivity contribution in [1.29, 1.82) is 0 Å². The van der Waals surface area contributed by atoms with E-state index in [-0.39, 0.29) is 67.9 Å². The molecule has 0 saturated carbocycles. The van der Waals surface area contributed by atoms with Crippen LogP contribution >= 0.6 is 11.8 Å². The van der Waals surface area contributed by atoms with Crippen molar-refractivity contribution < 1.29 is 50.8 Å². The first kappa shape index (κ1) is 95.5. The van der Waals surface area contributed by atoms with Gasteiger partial charge in [0.25, 0.3) is 5.91 Å². The predicted molar refractivity (Wildman–Crippen MR) is 394 cm³/mol. The normalized spacial score (nSPS) is 16.0. The van der Waals surface area contributed by atoms with E-state index in [1.54, 1.807) is 39.5 Å². The average Bonchev–Trinajstić information content (AvgIpc) is 1.20. The van der Waals surface area contributed by atoms with Crippen LogP contribution in [0.4, 0.5) is 13.2 Å². The van der Waals surface area contributed by atoms with Gasteiger partial charge in [-0.2, -0.15) is 49.0 Å². The van der Waals surface area contributed by atoms with Crippen LogP contribution < -0.4 is 20.7 Å². The largest absolute Gasteiger partial charge is 0.470 e. The molecule has 101 heavy (non-hydrogen) atoms. The second-order valence-corrected chi connectivity index (χ2v) is 34.8. The van der Waals surface area contributed by atoms with E-state index in [1.807, 2.05) is 40.0 Å². The highest BCUT2D eigenvalue weighted by Crippen LogP contribution is 2.31. The Morgan fingerprint density at radius 1 is 0.604 bits per heavy atom. The molecule has 12 N–H and O–H groups in total. The number of alkyl halides is 3. The van der Waals surface area contributed by atoms with Gasteiger partial charge in [0.1, 0.15) is 36.5 Å². The maximum atomic E-state index is 11.6. The molecule has 3 aliphatic heterocycles. The number of sulfonamides is 1. The highest BCUT2D eigenvalue weighted by atomic mass is 32.2. The number of hydrogen-bond acceptors (Lipinski definition) is 19. The van der Waals surface area contributed by atoms with Crippen LogP contribution in [0.25, 0.3) is 0 Å². The van der Waals surface area contributed by atoms with Gasteiger partial charge in [0.05, 0.1) is 33.2 Å². The smallest absolute Gasteiger partial charge is 0.466 e. The maximum Gasteiger partial charge on any atom is 0.470 e. The van der Waals surface area contributed by atoms with Crippen LogP contribution in [0.15, 0.2) is 86.3 Å². The predicted octanol–water partition coefficient (Wildman–Crippen LogP) is 12.2. The van der Waals surface area contributed by atoms with Gasteiger partial charge in [-0.15, -0.1) is 4.72 Å². The SMILES string of the molecule is C=C1CC(C(C)C)C(=O)N1.C=C1NC(=O)C(C(C)C)O1.C=C1NC(=O)C(C(C)C)S1.CC(C)(C)B(O)O.CC(C)(C)S(=O)(=O)NC(F)(F)F.CC(C)(C)c1ccn[nH]1.CC(C)(C)c1cn[nH]n1.CC(C)(C)c1cnc[nH]1.CC(C)(C)c1ncn[nH]1.CC(C)c1ncn[nH]1.CC(C)c1ncn[nH]1. The van der Waals surface area contributed by atoms with Crippen LogP contribution in [0, 0.1) is 23.7 Å². The van der Waals surface area contributed by atoms with Gasteiger partial charge in [0.15, 0.2) is 12.0 Å². The summed E-state index contributed by atoms with van der Waals surface area (Å²) in [5.41, 5.74) is 4.85. The average molecular weight is 1470 g/mol. The van der Waals surface area contributed by atoms with Gasteiger partial charge in [-0.3, -0.25) is 40.1 Å². The van der Waals surface area contributed by atoms with Gasteiger partial charge in [0, 0.05) is 68.9 Å². The molecule has 6 aromatic heterocycles. The Hall–Kier alpha value is -7.56. The first-order valence-corrected chi connectivity index (χ1v) is 35.3. The number of halogens is 3. The van der Waals surface area contributed by atoms with E-state index in [4.69, 9.17) is 14.8 Å². The summed E-state index contributed by atoms with van der Waals surface area (Å²) in [6.07, 6.45) is 7.25. The van der Waals surface area contributed by atoms with Crippen molar-refractivity contribution in [2.45, 2.75) is 261 Å². The summed E-state index contributed by atoms with van der Waals surface area (Å²) in [6.45, 7) is 65.5. The number of aromatic amines is 6. The molecule has 0 radical (unpaired) electrons. The third-order valence-electron chi connectivity index (χ3n) is 13.4. The van der Waals surface area contributed by atoms with Crippen LogP contribution in [-0.4, -0.2) is 147 Å². The number of allylic oxidation sites excluding steroid dienone is 1. The first-order chi connectivity index (χ1) is 45.8. The van der Waals surface area contributed by atoms with E-state index in [9.17, 15) is 36.0 Å². The number of rotatable bonds is 6. The van der Waals surface area contributed by atoms with Crippen LogP contribution in [0.3, 0.4) is 0 Å². The zero-order chi connectivity index (χ0) is 79.0. The molecule has 6 aromatic rings. The number of carbonyl (C=O) groups excluding carboxylic acids is 3. The Morgan fingerprint density at radius 3 is 1.27 bits per heavy atom. The Bertz CT molecular complexity index is 3050. The summed E-state index contributed by atoms with van der Waals surface area (Å²) < 4.78 is 60.7. The van der Waals surface area contributed by atoms with Crippen molar-refractivity contribution in [3.05, 3.63) is 121 Å². The Labute approximate surface area is 602 Å². The van der Waals surface area contributed by atoms with Gasteiger partial charge in [-0.05, 0) is 62.9 Å². The fraction of sp³-hybridized carbons (Fsp3) is 0.657. The molecule has 0 aromatic carbocycles. The molecular weight excluding hydrogens is 1340 g/mol. The zero-order valence-electron chi connectivity index (χ0n) is 64.9. The molecule has 3 saturated heterocycles. The molecule has 34 heteroatoms. The van der Waals surface area contributed by atoms with Crippen molar-refractivity contribution in [3.8, 4) is 0 Å². The number of nitrogens with zero attached hydrogens (tertiary/aromatic N) is 10. The number of thioether (sulfide) groups is 1. The van der Waals surface area contributed by atoms with Crippen LogP contribution in [-0.2, 0) is 50.8 Å². The quantitative estimate of drug-likeness (QED) is 0.0544. The molecule has 9 rings (SSSR count). The number of H-pyrrole nitrogens is 6. The van der Waals surface area contributed by atoms with Crippen molar-refractivity contribution in [1.82, 2.24) is 102 Å². The number of carbonyl (C=O) groups is 3. The molecule has 3 unspecified atom stereocenters. The van der Waals surface area contributed by atoms with Gasteiger partial charge in [0.2, 0.25) is 21.8 Å². The van der Waals surface area contributed by atoms with Crippen molar-refractivity contribution in [2.75, 3.05) is 0 Å². The highest BCUT2D eigenvalue weighted by Gasteiger charge is 2.40. The van der Waals surface area contributed by atoms with E-state index in [2.05, 4.69) is 241 Å². The Morgan fingerprint density at radius 2 is 1.10 bits per heavy atom. The lowest BCUT2D eigenvalue weighted by atomic mass is 9.62. The van der Waals surface area contributed by atoms with Crippen molar-refractivity contribution >= 4 is 46.6 Å². The summed E-state index contributed by atoms with van der Waals surface area (Å²) in [5.74, 6) is 5.46. The monoisotopic (exact) mass is 1460 g/mol. The van der Waals surface area contributed by atoms with E-state index >= 15 is 0 Å². The number of nitrogens with one attached hydrogen (secondary N) is 10. The number of ether oxygens (including phenoxy) is 1. The lowest BCUT2D eigenvalue weighted by Gasteiger charge is -2.20. The third-order valence-corrected chi connectivity index (χ3v) is 16.9. The lowest BCUT2D eigenvalue weighted by Crippen LogP contribution is -2.46. The summed E-state index contributed by atoms with van der Waals surface area (Å²) in [4.78, 5) is 51.9. The minimum atomic E-state index is -4.90. The van der Waals surface area contributed by atoms with Gasteiger partial charge in [-0.1, -0.05) is 198 Å². The molecule has 3 fully saturated rings.